The maximum atomic E-state index is 13.3. The number of rotatable bonds is 10. The molecule has 1 aromatic rings. The van der Waals surface area contributed by atoms with Gasteiger partial charge >= 0.3 is 17.9 Å². The Morgan fingerprint density at radius 1 is 0.833 bits per heavy atom. The van der Waals surface area contributed by atoms with Gasteiger partial charge in [0.05, 0.1) is 30.9 Å². The third-order valence-corrected chi connectivity index (χ3v) is 6.78. The summed E-state index contributed by atoms with van der Waals surface area (Å²) in [7, 11) is 0. The van der Waals surface area contributed by atoms with E-state index in [1.807, 2.05) is 0 Å². The average molecular weight is 502 g/mol. The van der Waals surface area contributed by atoms with E-state index in [2.05, 4.69) is 0 Å². The lowest BCUT2D eigenvalue weighted by Gasteiger charge is -2.42. The van der Waals surface area contributed by atoms with E-state index in [0.29, 0.717) is 11.1 Å². The van der Waals surface area contributed by atoms with Crippen LogP contribution < -0.4 is 0 Å². The lowest BCUT2D eigenvalue weighted by molar-refractivity contribution is -0.183. The highest BCUT2D eigenvalue weighted by molar-refractivity contribution is 6.21. The van der Waals surface area contributed by atoms with Crippen molar-refractivity contribution in [3.63, 3.8) is 0 Å². The Kier molecular flexibility index (Phi) is 8.27. The van der Waals surface area contributed by atoms with Crippen molar-refractivity contribution in [1.82, 2.24) is 4.90 Å². The number of carbonyl (C=O) groups is 6. The Labute approximate surface area is 209 Å². The van der Waals surface area contributed by atoms with Crippen molar-refractivity contribution in [3.8, 4) is 0 Å². The second kappa shape index (κ2) is 11.0. The number of nitrogens with zero attached hydrogens (tertiary/aromatic N) is 1. The van der Waals surface area contributed by atoms with Crippen LogP contribution in [0.3, 0.4) is 0 Å². The zero-order valence-electron chi connectivity index (χ0n) is 20.8. The van der Waals surface area contributed by atoms with E-state index >= 15 is 0 Å². The van der Waals surface area contributed by atoms with Crippen molar-refractivity contribution in [2.45, 2.75) is 52.9 Å². The van der Waals surface area contributed by atoms with E-state index in [9.17, 15) is 28.8 Å². The third-order valence-electron chi connectivity index (χ3n) is 6.78. The summed E-state index contributed by atoms with van der Waals surface area (Å²) in [5, 5.41) is 0. The van der Waals surface area contributed by atoms with Gasteiger partial charge in [0.15, 0.2) is 5.41 Å². The SMILES string of the molecule is CCOC(=O)C1(CCCN2C(=O)c3ccccc3C2=O)CC(C(=O)OCC)(C(=O)OCC)CCC1=O. The van der Waals surface area contributed by atoms with Gasteiger partial charge in [0.2, 0.25) is 0 Å². The molecular formula is C26H31NO9. The zero-order chi connectivity index (χ0) is 26.5. The fourth-order valence-electron chi connectivity index (χ4n) is 5.00. The number of imide groups is 1. The second-order valence-corrected chi connectivity index (χ2v) is 8.84. The number of ketones is 1. The van der Waals surface area contributed by atoms with Gasteiger partial charge in [0, 0.05) is 13.0 Å². The summed E-state index contributed by atoms with van der Waals surface area (Å²) >= 11 is 0. The Morgan fingerprint density at radius 3 is 1.83 bits per heavy atom. The van der Waals surface area contributed by atoms with Crippen LogP contribution in [0.5, 0.6) is 0 Å². The molecule has 1 fully saturated rings. The van der Waals surface area contributed by atoms with E-state index in [4.69, 9.17) is 14.2 Å². The Balaban J connectivity index is 1.90. The molecule has 36 heavy (non-hydrogen) atoms. The van der Waals surface area contributed by atoms with Crippen LogP contribution >= 0.6 is 0 Å². The molecule has 0 spiro atoms. The van der Waals surface area contributed by atoms with Crippen LogP contribution in [0, 0.1) is 10.8 Å². The number of hydrogen-bond acceptors (Lipinski definition) is 9. The van der Waals surface area contributed by atoms with Crippen LogP contribution in [0.15, 0.2) is 24.3 Å². The molecule has 2 aliphatic rings. The summed E-state index contributed by atoms with van der Waals surface area (Å²) in [5.74, 6) is -3.94. The maximum absolute atomic E-state index is 13.3. The average Bonchev–Trinajstić information content (AvgIpc) is 3.10. The summed E-state index contributed by atoms with van der Waals surface area (Å²) in [6, 6.07) is 6.45. The molecule has 1 aromatic carbocycles. The van der Waals surface area contributed by atoms with Gasteiger partial charge in [-0.15, -0.1) is 0 Å². The summed E-state index contributed by atoms with van der Waals surface area (Å²) in [4.78, 5) is 79.0. The number of benzene rings is 1. The van der Waals surface area contributed by atoms with Gasteiger partial charge in [-0.1, -0.05) is 12.1 Å². The fraction of sp³-hybridized carbons (Fsp3) is 0.538. The van der Waals surface area contributed by atoms with E-state index < -0.39 is 52.8 Å². The zero-order valence-corrected chi connectivity index (χ0v) is 20.8. The van der Waals surface area contributed by atoms with E-state index in [1.54, 1.807) is 45.0 Å². The summed E-state index contributed by atoms with van der Waals surface area (Å²) in [5.41, 5.74) is -3.09. The molecule has 1 heterocycles. The first kappa shape index (κ1) is 27.0. The molecule has 0 saturated heterocycles. The van der Waals surface area contributed by atoms with E-state index in [0.717, 1.165) is 4.90 Å². The first-order valence-corrected chi connectivity index (χ1v) is 12.2. The molecule has 0 radical (unpaired) electrons. The minimum atomic E-state index is -1.85. The van der Waals surface area contributed by atoms with Crippen LogP contribution in [-0.4, -0.2) is 66.8 Å². The molecule has 10 heteroatoms. The van der Waals surface area contributed by atoms with E-state index in [1.165, 1.54) is 0 Å². The van der Waals surface area contributed by atoms with Crippen molar-refractivity contribution >= 4 is 35.5 Å². The number of Topliss-reactive ketones (excluding diaryl/α,β-unsaturated/α-hetero) is 1. The minimum Gasteiger partial charge on any atom is -0.465 e. The molecule has 10 nitrogen and oxygen atoms in total. The monoisotopic (exact) mass is 501 g/mol. The lowest BCUT2D eigenvalue weighted by Crippen LogP contribution is -2.55. The molecule has 0 N–H and O–H groups in total. The molecule has 194 valence electrons. The Hall–Kier alpha value is -3.56. The van der Waals surface area contributed by atoms with Crippen molar-refractivity contribution in [2.75, 3.05) is 26.4 Å². The predicted octanol–water partition coefficient (Wildman–Crippen LogP) is 2.48. The quantitative estimate of drug-likeness (QED) is 0.205. The fourth-order valence-corrected chi connectivity index (χ4v) is 5.00. The Morgan fingerprint density at radius 2 is 1.33 bits per heavy atom. The highest BCUT2D eigenvalue weighted by Gasteiger charge is 2.62. The molecule has 0 bridgehead atoms. The first-order valence-electron chi connectivity index (χ1n) is 12.2. The molecule has 1 saturated carbocycles. The lowest BCUT2D eigenvalue weighted by atomic mass is 9.59. The van der Waals surface area contributed by atoms with Crippen molar-refractivity contribution in [1.29, 1.82) is 0 Å². The highest BCUT2D eigenvalue weighted by Crippen LogP contribution is 2.49. The second-order valence-electron chi connectivity index (χ2n) is 8.84. The molecule has 1 aliphatic carbocycles. The third kappa shape index (κ3) is 4.64. The van der Waals surface area contributed by atoms with Gasteiger partial charge in [-0.2, -0.15) is 0 Å². The highest BCUT2D eigenvalue weighted by atomic mass is 16.6. The van der Waals surface area contributed by atoms with E-state index in [-0.39, 0.29) is 52.0 Å². The van der Waals surface area contributed by atoms with Gasteiger partial charge in [0.25, 0.3) is 11.8 Å². The number of ether oxygens (including phenoxy) is 3. The summed E-state index contributed by atoms with van der Waals surface area (Å²) < 4.78 is 15.6. The van der Waals surface area contributed by atoms with Gasteiger partial charge in [-0.05, 0) is 58.6 Å². The largest absolute Gasteiger partial charge is 0.465 e. The van der Waals surface area contributed by atoms with Gasteiger partial charge in [-0.3, -0.25) is 33.7 Å². The summed E-state index contributed by atoms with van der Waals surface area (Å²) in [6.07, 6.45) is -0.889. The van der Waals surface area contributed by atoms with Crippen LogP contribution in [0.1, 0.15) is 73.6 Å². The summed E-state index contributed by atoms with van der Waals surface area (Å²) in [6.45, 7) is 4.70. The minimum absolute atomic E-state index is 0.0000830. The number of fused-ring (bicyclic) bond motifs is 1. The van der Waals surface area contributed by atoms with Crippen molar-refractivity contribution in [3.05, 3.63) is 35.4 Å². The van der Waals surface area contributed by atoms with Crippen molar-refractivity contribution < 1.29 is 43.0 Å². The number of carbonyl (C=O) groups excluding carboxylic acids is 6. The van der Waals surface area contributed by atoms with Crippen molar-refractivity contribution in [2.24, 2.45) is 10.8 Å². The van der Waals surface area contributed by atoms with Crippen LogP contribution in [0.4, 0.5) is 0 Å². The molecule has 1 aliphatic heterocycles. The number of hydrogen-bond donors (Lipinski definition) is 0. The molecule has 2 amide bonds. The Bertz CT molecular complexity index is 1030. The molecule has 3 rings (SSSR count). The van der Waals surface area contributed by atoms with Gasteiger partial charge in [0.1, 0.15) is 11.2 Å². The number of amides is 2. The molecule has 0 aromatic heterocycles. The predicted molar refractivity (Wildman–Crippen MR) is 125 cm³/mol. The van der Waals surface area contributed by atoms with Gasteiger partial charge in [-0.25, -0.2) is 0 Å². The normalized spacial score (nSPS) is 20.6. The van der Waals surface area contributed by atoms with Gasteiger partial charge < -0.3 is 14.2 Å². The molecule has 1 atom stereocenters. The van der Waals surface area contributed by atoms with Crippen LogP contribution in [-0.2, 0) is 33.4 Å². The maximum Gasteiger partial charge on any atom is 0.323 e. The first-order chi connectivity index (χ1) is 17.2. The molecule has 1 unspecified atom stereocenters. The molecular weight excluding hydrogens is 470 g/mol. The smallest absolute Gasteiger partial charge is 0.323 e. The topological polar surface area (TPSA) is 133 Å². The van der Waals surface area contributed by atoms with Crippen LogP contribution in [0.25, 0.3) is 0 Å². The number of esters is 3. The standard InChI is InChI=1S/C26H31NO9/c1-4-34-22(31)25(13-9-15-27-20(29)17-10-7-8-11-18(17)21(27)30)16-26(14-12-19(25)28,23(32)35-5-2)24(33)36-6-3/h7-8,10-11H,4-6,9,12-16H2,1-3H3. The van der Waals surface area contributed by atoms with Crippen LogP contribution in [0.2, 0.25) is 0 Å².